The summed E-state index contributed by atoms with van der Waals surface area (Å²) in [5.41, 5.74) is 7.70. The summed E-state index contributed by atoms with van der Waals surface area (Å²) < 4.78 is 7.68. The summed E-state index contributed by atoms with van der Waals surface area (Å²) in [4.78, 5) is 6.81. The van der Waals surface area contributed by atoms with Gasteiger partial charge < -0.3 is 19.5 Å². The molecule has 2 aromatic heterocycles. The van der Waals surface area contributed by atoms with E-state index in [1.54, 1.807) is 7.11 Å². The Morgan fingerprint density at radius 1 is 0.971 bits per heavy atom. The van der Waals surface area contributed by atoms with Gasteiger partial charge in [-0.1, -0.05) is 29.8 Å². The predicted molar refractivity (Wildman–Crippen MR) is 146 cm³/mol. The summed E-state index contributed by atoms with van der Waals surface area (Å²) in [6.45, 7) is 6.43. The highest BCUT2D eigenvalue weighted by atomic mass is 35.5. The average Bonchev–Trinajstić information content (AvgIpc) is 3.34. The monoisotopic (exact) mass is 502 g/mol. The normalized spacial score (nSPS) is 17.5. The molecule has 0 bridgehead atoms. The maximum atomic E-state index is 6.53. The molecule has 5 nitrogen and oxygen atoms in total. The van der Waals surface area contributed by atoms with Gasteiger partial charge in [0.2, 0.25) is 0 Å². The molecule has 1 aliphatic heterocycles. The topological polar surface area (TPSA) is 42.3 Å². The van der Waals surface area contributed by atoms with Gasteiger partial charge in [-0.15, -0.1) is 0 Å². The van der Waals surface area contributed by atoms with Crippen LogP contribution in [0.2, 0.25) is 5.02 Å². The van der Waals surface area contributed by atoms with Crippen LogP contribution in [0.15, 0.2) is 72.9 Å². The van der Waals surface area contributed by atoms with Crippen LogP contribution < -0.4 is 15.0 Å². The third kappa shape index (κ3) is 4.17. The number of ether oxygens (including phenoxy) is 1. The van der Waals surface area contributed by atoms with E-state index in [0.29, 0.717) is 15.9 Å². The Balaban J connectivity index is 1.68. The van der Waals surface area contributed by atoms with Gasteiger partial charge in [-0.25, -0.2) is 0 Å². The zero-order chi connectivity index (χ0) is 24.7. The largest absolute Gasteiger partial charge is 0.495 e. The van der Waals surface area contributed by atoms with Crippen molar-refractivity contribution < 1.29 is 4.74 Å². The van der Waals surface area contributed by atoms with Crippen molar-refractivity contribution in [1.82, 2.24) is 14.9 Å². The van der Waals surface area contributed by atoms with Crippen molar-refractivity contribution in [3.05, 3.63) is 106 Å². The number of aryl methyl sites for hydroxylation is 2. The van der Waals surface area contributed by atoms with Gasteiger partial charge in [-0.05, 0) is 92.6 Å². The second kappa shape index (κ2) is 9.36. The van der Waals surface area contributed by atoms with E-state index in [1.165, 1.54) is 11.1 Å². The molecule has 1 N–H and O–H groups in total. The molecule has 0 aliphatic carbocycles. The van der Waals surface area contributed by atoms with Crippen molar-refractivity contribution in [2.45, 2.75) is 32.9 Å². The van der Waals surface area contributed by atoms with Crippen LogP contribution in [0.25, 0.3) is 5.69 Å². The van der Waals surface area contributed by atoms with Crippen LogP contribution in [-0.2, 0) is 0 Å². The Labute approximate surface area is 216 Å². The van der Waals surface area contributed by atoms with E-state index in [-0.39, 0.29) is 12.1 Å². The number of aromatic nitrogens is 2. The Kier molecular flexibility index (Phi) is 6.26. The summed E-state index contributed by atoms with van der Waals surface area (Å²) in [6.07, 6.45) is 1.82. The molecule has 0 radical (unpaired) electrons. The van der Waals surface area contributed by atoms with Crippen LogP contribution in [0.4, 0.5) is 5.69 Å². The number of hydrogen-bond donors (Lipinski definition) is 1. The molecule has 2 atom stereocenters. The molecule has 2 unspecified atom stereocenters. The number of rotatable bonds is 5. The first-order valence-corrected chi connectivity index (χ1v) is 12.3. The Bertz CT molecular complexity index is 1400. The summed E-state index contributed by atoms with van der Waals surface area (Å²) in [7, 11) is 1.61. The van der Waals surface area contributed by atoms with Gasteiger partial charge in [0.25, 0.3) is 0 Å². The average molecular weight is 503 g/mol. The lowest BCUT2D eigenvalue weighted by Crippen LogP contribution is -2.29. The Morgan fingerprint density at radius 2 is 1.80 bits per heavy atom. The summed E-state index contributed by atoms with van der Waals surface area (Å²) in [5, 5.41) is 4.70. The van der Waals surface area contributed by atoms with E-state index < -0.39 is 0 Å². The first-order valence-electron chi connectivity index (χ1n) is 11.5. The summed E-state index contributed by atoms with van der Waals surface area (Å²) in [6, 6.07) is 22.3. The maximum Gasteiger partial charge on any atom is 0.174 e. The van der Waals surface area contributed by atoms with Crippen molar-refractivity contribution in [2.24, 2.45) is 0 Å². The highest BCUT2D eigenvalue weighted by Gasteiger charge is 2.42. The highest BCUT2D eigenvalue weighted by molar-refractivity contribution is 7.80. The molecule has 1 fully saturated rings. The van der Waals surface area contributed by atoms with Crippen molar-refractivity contribution in [3.63, 3.8) is 0 Å². The Hall–Kier alpha value is -3.35. The van der Waals surface area contributed by atoms with E-state index in [9.17, 15) is 0 Å². The molecule has 3 heterocycles. The number of methoxy groups -OCH3 is 1. The van der Waals surface area contributed by atoms with Crippen LogP contribution in [0, 0.1) is 20.8 Å². The first kappa shape index (κ1) is 23.4. The van der Waals surface area contributed by atoms with E-state index in [4.69, 9.17) is 28.6 Å². The molecule has 4 aromatic rings. The minimum Gasteiger partial charge on any atom is -0.495 e. The van der Waals surface area contributed by atoms with Crippen molar-refractivity contribution >= 4 is 34.6 Å². The van der Waals surface area contributed by atoms with E-state index in [0.717, 1.165) is 28.5 Å². The number of nitrogens with one attached hydrogen (secondary N) is 1. The van der Waals surface area contributed by atoms with Gasteiger partial charge in [0.15, 0.2) is 5.11 Å². The fourth-order valence-corrected chi connectivity index (χ4v) is 5.60. The van der Waals surface area contributed by atoms with Crippen LogP contribution >= 0.6 is 23.8 Å². The number of benzene rings is 2. The lowest BCUT2D eigenvalue weighted by Gasteiger charge is -2.28. The third-order valence-electron chi connectivity index (χ3n) is 6.56. The van der Waals surface area contributed by atoms with E-state index >= 15 is 0 Å². The van der Waals surface area contributed by atoms with Gasteiger partial charge in [0.05, 0.1) is 29.9 Å². The van der Waals surface area contributed by atoms with Gasteiger partial charge in [-0.3, -0.25) is 4.98 Å². The number of anilines is 1. The molecular formula is C28H27ClN4OS. The van der Waals surface area contributed by atoms with Crippen molar-refractivity contribution in [2.75, 3.05) is 12.0 Å². The number of nitrogens with zero attached hydrogens (tertiary/aromatic N) is 3. The summed E-state index contributed by atoms with van der Waals surface area (Å²) in [5.74, 6) is 0.629. The summed E-state index contributed by atoms with van der Waals surface area (Å²) >= 11 is 12.4. The minimum absolute atomic E-state index is 0.119. The second-order valence-electron chi connectivity index (χ2n) is 8.82. The van der Waals surface area contributed by atoms with Gasteiger partial charge in [0.1, 0.15) is 5.75 Å². The lowest BCUT2D eigenvalue weighted by atomic mass is 9.96. The maximum absolute atomic E-state index is 6.53. The van der Waals surface area contributed by atoms with Crippen LogP contribution in [0.1, 0.15) is 40.3 Å². The SMILES string of the molecule is COc1ccc(N2C(=S)NC(c3ccccn3)C2c2cc(C)n(-c3cccc(C)c3)c2C)cc1Cl. The van der Waals surface area contributed by atoms with Crippen LogP contribution in [0.5, 0.6) is 5.75 Å². The van der Waals surface area contributed by atoms with Crippen LogP contribution in [0.3, 0.4) is 0 Å². The standard InChI is InChI=1S/C28H27ClN4OS/c1-17-8-7-9-20(14-17)32-18(2)15-22(19(32)3)27-26(24-10-5-6-13-30-24)31-28(35)33(27)21-11-12-25(34-4)23(29)16-21/h5-16,26-27H,1-4H3,(H,31,35). The zero-order valence-corrected chi connectivity index (χ0v) is 21.7. The van der Waals surface area contributed by atoms with E-state index in [2.05, 4.69) is 70.9 Å². The van der Waals surface area contributed by atoms with Gasteiger partial charge in [0, 0.05) is 29.0 Å². The molecule has 0 amide bonds. The molecule has 5 rings (SSSR count). The second-order valence-corrected chi connectivity index (χ2v) is 9.61. The van der Waals surface area contributed by atoms with Gasteiger partial charge in [-0.2, -0.15) is 0 Å². The Morgan fingerprint density at radius 3 is 2.49 bits per heavy atom. The first-order chi connectivity index (χ1) is 16.9. The van der Waals surface area contributed by atoms with Crippen molar-refractivity contribution in [3.8, 4) is 11.4 Å². The molecule has 178 valence electrons. The minimum atomic E-state index is -0.129. The number of thiocarbonyl (C=S) groups is 1. The molecule has 1 saturated heterocycles. The number of halogens is 1. The zero-order valence-electron chi connectivity index (χ0n) is 20.1. The smallest absolute Gasteiger partial charge is 0.174 e. The molecule has 1 aliphatic rings. The molecule has 0 spiro atoms. The van der Waals surface area contributed by atoms with Crippen molar-refractivity contribution in [1.29, 1.82) is 0 Å². The molecule has 2 aromatic carbocycles. The highest BCUT2D eigenvalue weighted by Crippen LogP contribution is 2.44. The van der Waals surface area contributed by atoms with Gasteiger partial charge >= 0.3 is 0 Å². The molecular weight excluding hydrogens is 476 g/mol. The molecule has 35 heavy (non-hydrogen) atoms. The fourth-order valence-electron chi connectivity index (χ4n) is 5.01. The molecule has 0 saturated carbocycles. The molecule has 7 heteroatoms. The lowest BCUT2D eigenvalue weighted by molar-refractivity contribution is 0.415. The quantitative estimate of drug-likeness (QED) is 0.310. The fraction of sp³-hybridized carbons (Fsp3) is 0.214. The predicted octanol–water partition coefficient (Wildman–Crippen LogP) is 6.64. The van der Waals surface area contributed by atoms with Crippen LogP contribution in [-0.4, -0.2) is 21.8 Å². The number of pyridine rings is 1. The van der Waals surface area contributed by atoms with E-state index in [1.807, 2.05) is 42.6 Å². The third-order valence-corrected chi connectivity index (χ3v) is 7.17. The number of hydrogen-bond acceptors (Lipinski definition) is 3.